The smallest absolute Gasteiger partial charge is 0.355 e. The van der Waals surface area contributed by atoms with Crippen molar-refractivity contribution in [2.24, 2.45) is 0 Å². The molecule has 0 aliphatic carbocycles. The van der Waals surface area contributed by atoms with Gasteiger partial charge in [-0.3, -0.25) is 14.5 Å². The molecule has 3 aromatic rings. The molecule has 2 saturated heterocycles. The van der Waals surface area contributed by atoms with Gasteiger partial charge in [0.25, 0.3) is 5.91 Å². The average molecular weight is 585 g/mol. The standard InChI is InChI=1S/C31H32ClF3N4O2/c1-19(29(40)38-24-16-25-13-14-26(17-24)39(25)18-20-9-11-22(32)12-10-20)36-30(41)27-7-2-3-8-28(27)37-23-6-4-5-21(15-23)31(33,34)35/h2-12,15,19,24-26,37H,13-14,16-18H2,1H3,(H,36,41)(H,38,40)/t19-,24?,25-,26+/m0/s1. The van der Waals surface area contributed by atoms with Gasteiger partial charge in [-0.1, -0.05) is 41.9 Å². The Kier molecular flexibility index (Phi) is 8.56. The van der Waals surface area contributed by atoms with E-state index in [0.29, 0.717) is 17.8 Å². The third-order valence-electron chi connectivity index (χ3n) is 7.89. The second kappa shape index (κ2) is 12.1. The van der Waals surface area contributed by atoms with Crippen molar-refractivity contribution in [2.45, 2.75) is 69.5 Å². The third-order valence-corrected chi connectivity index (χ3v) is 8.14. The molecule has 2 amide bonds. The maximum absolute atomic E-state index is 13.1. The molecule has 41 heavy (non-hydrogen) atoms. The molecule has 0 radical (unpaired) electrons. The Bertz CT molecular complexity index is 1380. The Morgan fingerprint density at radius 1 is 0.976 bits per heavy atom. The monoisotopic (exact) mass is 584 g/mol. The number of amides is 2. The minimum absolute atomic E-state index is 0.0238. The molecule has 10 heteroatoms. The van der Waals surface area contributed by atoms with E-state index in [2.05, 4.69) is 20.9 Å². The van der Waals surface area contributed by atoms with Crippen molar-refractivity contribution in [1.29, 1.82) is 0 Å². The number of hydrogen-bond donors (Lipinski definition) is 3. The summed E-state index contributed by atoms with van der Waals surface area (Å²) in [7, 11) is 0. The van der Waals surface area contributed by atoms with Crippen LogP contribution < -0.4 is 16.0 Å². The van der Waals surface area contributed by atoms with Crippen LogP contribution in [0.5, 0.6) is 0 Å². The average Bonchev–Trinajstić information content (AvgIpc) is 3.16. The molecule has 2 aliphatic rings. The van der Waals surface area contributed by atoms with Crippen LogP contribution in [0.3, 0.4) is 0 Å². The number of fused-ring (bicyclic) bond motifs is 2. The van der Waals surface area contributed by atoms with Crippen LogP contribution in [0.4, 0.5) is 24.5 Å². The number of carbonyl (C=O) groups excluding carboxylic acids is 2. The Morgan fingerprint density at radius 3 is 2.34 bits per heavy atom. The van der Waals surface area contributed by atoms with Crippen molar-refractivity contribution < 1.29 is 22.8 Å². The van der Waals surface area contributed by atoms with E-state index < -0.39 is 23.7 Å². The van der Waals surface area contributed by atoms with Gasteiger partial charge in [0.05, 0.1) is 16.8 Å². The van der Waals surface area contributed by atoms with Gasteiger partial charge >= 0.3 is 6.18 Å². The lowest BCUT2D eigenvalue weighted by atomic mass is 9.96. The molecule has 4 atom stereocenters. The van der Waals surface area contributed by atoms with Crippen molar-refractivity contribution in [1.82, 2.24) is 15.5 Å². The van der Waals surface area contributed by atoms with E-state index in [9.17, 15) is 22.8 Å². The highest BCUT2D eigenvalue weighted by atomic mass is 35.5. The minimum Gasteiger partial charge on any atom is -0.355 e. The maximum atomic E-state index is 13.1. The number of nitrogens with one attached hydrogen (secondary N) is 3. The van der Waals surface area contributed by atoms with Crippen molar-refractivity contribution in [3.63, 3.8) is 0 Å². The highest BCUT2D eigenvalue weighted by Gasteiger charge is 2.41. The summed E-state index contributed by atoms with van der Waals surface area (Å²) in [6.45, 7) is 2.48. The first kappa shape index (κ1) is 29.0. The third kappa shape index (κ3) is 7.02. The molecule has 2 bridgehead atoms. The van der Waals surface area contributed by atoms with Crippen molar-refractivity contribution in [2.75, 3.05) is 5.32 Å². The van der Waals surface area contributed by atoms with Gasteiger partial charge in [-0.2, -0.15) is 13.2 Å². The summed E-state index contributed by atoms with van der Waals surface area (Å²) in [5, 5.41) is 9.48. The number of hydrogen-bond acceptors (Lipinski definition) is 4. The zero-order chi connectivity index (χ0) is 29.1. The molecule has 6 nitrogen and oxygen atoms in total. The molecule has 5 rings (SSSR count). The van der Waals surface area contributed by atoms with Crippen LogP contribution >= 0.6 is 11.6 Å². The first-order chi connectivity index (χ1) is 19.6. The summed E-state index contributed by atoms with van der Waals surface area (Å²) in [4.78, 5) is 28.7. The first-order valence-electron chi connectivity index (χ1n) is 13.7. The van der Waals surface area contributed by atoms with E-state index in [1.807, 2.05) is 24.3 Å². The van der Waals surface area contributed by atoms with Gasteiger partial charge in [0.1, 0.15) is 6.04 Å². The van der Waals surface area contributed by atoms with Crippen LogP contribution in [0.1, 0.15) is 54.1 Å². The number of nitrogens with zero attached hydrogens (tertiary/aromatic N) is 1. The predicted molar refractivity (Wildman–Crippen MR) is 153 cm³/mol. The molecule has 2 fully saturated rings. The normalized spacial score (nSPS) is 21.2. The largest absolute Gasteiger partial charge is 0.416 e. The van der Waals surface area contributed by atoms with Crippen molar-refractivity contribution in [3.8, 4) is 0 Å². The number of anilines is 2. The van der Waals surface area contributed by atoms with Crippen LogP contribution in [0.15, 0.2) is 72.8 Å². The number of alkyl halides is 3. The van der Waals surface area contributed by atoms with Gasteiger partial charge in [0, 0.05) is 35.4 Å². The molecule has 0 saturated carbocycles. The van der Waals surface area contributed by atoms with E-state index in [0.717, 1.165) is 49.4 Å². The number of benzene rings is 3. The molecule has 3 N–H and O–H groups in total. The topological polar surface area (TPSA) is 73.5 Å². The zero-order valence-electron chi connectivity index (χ0n) is 22.5. The Labute approximate surface area is 242 Å². The van der Waals surface area contributed by atoms with Gasteiger partial charge < -0.3 is 16.0 Å². The second-order valence-corrected chi connectivity index (χ2v) is 11.2. The lowest BCUT2D eigenvalue weighted by Gasteiger charge is -2.39. The van der Waals surface area contributed by atoms with E-state index >= 15 is 0 Å². The SMILES string of the molecule is C[C@H](NC(=O)c1ccccc1Nc1cccc(C(F)(F)F)c1)C(=O)NC1C[C@H]2CC[C@@H](C1)N2Cc1ccc(Cl)cc1. The molecule has 3 aromatic carbocycles. The Balaban J connectivity index is 1.17. The number of piperidine rings is 1. The van der Waals surface area contributed by atoms with Crippen LogP contribution in [0.2, 0.25) is 5.02 Å². The molecule has 1 unspecified atom stereocenters. The maximum Gasteiger partial charge on any atom is 0.416 e. The molecule has 216 valence electrons. The van der Waals surface area contributed by atoms with Gasteiger partial charge in [-0.25, -0.2) is 0 Å². The lowest BCUT2D eigenvalue weighted by Crippen LogP contribution is -2.53. The first-order valence-corrected chi connectivity index (χ1v) is 14.1. The number of para-hydroxylation sites is 1. The van der Waals surface area contributed by atoms with E-state index in [1.165, 1.54) is 17.7 Å². The lowest BCUT2D eigenvalue weighted by molar-refractivity contribution is -0.137. The minimum atomic E-state index is -4.48. The van der Waals surface area contributed by atoms with E-state index in [1.54, 1.807) is 31.2 Å². The zero-order valence-corrected chi connectivity index (χ0v) is 23.3. The molecular formula is C31H32ClF3N4O2. The van der Waals surface area contributed by atoms with E-state index in [4.69, 9.17) is 11.6 Å². The van der Waals surface area contributed by atoms with Crippen molar-refractivity contribution >= 4 is 34.8 Å². The molecule has 0 aromatic heterocycles. The fourth-order valence-electron chi connectivity index (χ4n) is 5.84. The summed E-state index contributed by atoms with van der Waals surface area (Å²) >= 11 is 6.03. The van der Waals surface area contributed by atoms with Crippen molar-refractivity contribution in [3.05, 3.63) is 94.5 Å². The van der Waals surface area contributed by atoms with Crippen LogP contribution in [-0.2, 0) is 17.5 Å². The van der Waals surface area contributed by atoms with Crippen LogP contribution in [-0.4, -0.2) is 40.9 Å². The molecule has 2 heterocycles. The molecule has 0 spiro atoms. The molecular weight excluding hydrogens is 553 g/mol. The van der Waals surface area contributed by atoms with Crippen LogP contribution in [0, 0.1) is 0 Å². The predicted octanol–water partition coefficient (Wildman–Crippen LogP) is 6.53. The Hall–Kier alpha value is -3.56. The summed E-state index contributed by atoms with van der Waals surface area (Å²) < 4.78 is 39.4. The van der Waals surface area contributed by atoms with Gasteiger partial charge in [-0.15, -0.1) is 0 Å². The summed E-state index contributed by atoms with van der Waals surface area (Å²) in [6, 6.07) is 19.2. The van der Waals surface area contributed by atoms with Gasteiger partial charge in [0.15, 0.2) is 0 Å². The highest BCUT2D eigenvalue weighted by Crippen LogP contribution is 2.37. The van der Waals surface area contributed by atoms with Gasteiger partial charge in [0.2, 0.25) is 5.91 Å². The quantitative estimate of drug-likeness (QED) is 0.281. The summed E-state index contributed by atoms with van der Waals surface area (Å²) in [5.74, 6) is -0.766. The summed E-state index contributed by atoms with van der Waals surface area (Å²) in [6.07, 6.45) is -0.607. The van der Waals surface area contributed by atoms with Gasteiger partial charge in [-0.05, 0) is 80.6 Å². The van der Waals surface area contributed by atoms with Crippen LogP contribution in [0.25, 0.3) is 0 Å². The number of rotatable bonds is 8. The van der Waals surface area contributed by atoms with E-state index in [-0.39, 0.29) is 23.2 Å². The second-order valence-electron chi connectivity index (χ2n) is 10.8. The molecule has 2 aliphatic heterocycles. The number of halogens is 4. The summed E-state index contributed by atoms with van der Waals surface area (Å²) in [5.41, 5.74) is 1.18. The number of carbonyl (C=O) groups is 2. The Morgan fingerprint density at radius 2 is 1.66 bits per heavy atom. The fourth-order valence-corrected chi connectivity index (χ4v) is 5.96. The highest BCUT2D eigenvalue weighted by molar-refractivity contribution is 6.30. The fraction of sp³-hybridized carbons (Fsp3) is 0.355.